The lowest BCUT2D eigenvalue weighted by atomic mass is 9.91. The number of amides is 2. The van der Waals surface area contributed by atoms with Crippen molar-refractivity contribution in [1.29, 1.82) is 0 Å². The minimum Gasteiger partial charge on any atom is -0.497 e. The van der Waals surface area contributed by atoms with E-state index in [0.29, 0.717) is 52.2 Å². The number of carbonyl (C=O) groups excluding carboxylic acids is 2. The van der Waals surface area contributed by atoms with Crippen molar-refractivity contribution in [3.8, 4) is 5.75 Å². The van der Waals surface area contributed by atoms with E-state index < -0.39 is 5.54 Å². The van der Waals surface area contributed by atoms with E-state index in [1.54, 1.807) is 14.2 Å². The Kier molecular flexibility index (Phi) is 8.10. The second-order valence-electron chi connectivity index (χ2n) is 8.32. The Morgan fingerprint density at radius 3 is 2.80 bits per heavy atom. The van der Waals surface area contributed by atoms with Crippen molar-refractivity contribution in [2.24, 2.45) is 5.92 Å². The molecule has 1 aromatic rings. The molecule has 0 saturated carbocycles. The van der Waals surface area contributed by atoms with Crippen LogP contribution in [0.3, 0.4) is 0 Å². The van der Waals surface area contributed by atoms with Crippen molar-refractivity contribution in [3.05, 3.63) is 29.8 Å². The van der Waals surface area contributed by atoms with Gasteiger partial charge in [0.25, 0.3) is 0 Å². The number of aryl methyl sites for hydroxylation is 1. The van der Waals surface area contributed by atoms with E-state index in [9.17, 15) is 9.59 Å². The van der Waals surface area contributed by atoms with Gasteiger partial charge in [-0.3, -0.25) is 9.59 Å². The highest BCUT2D eigenvalue weighted by molar-refractivity contribution is 5.80. The number of nitrogens with zero attached hydrogens (tertiary/aromatic N) is 1. The third-order valence-electron chi connectivity index (χ3n) is 6.23. The van der Waals surface area contributed by atoms with E-state index >= 15 is 0 Å². The van der Waals surface area contributed by atoms with Gasteiger partial charge in [0, 0.05) is 52.4 Å². The molecular weight excluding hydrogens is 384 g/mol. The average molecular weight is 419 g/mol. The summed E-state index contributed by atoms with van der Waals surface area (Å²) in [4.78, 5) is 27.6. The fourth-order valence-corrected chi connectivity index (χ4v) is 4.31. The molecule has 0 radical (unpaired) electrons. The molecule has 2 amide bonds. The predicted molar refractivity (Wildman–Crippen MR) is 113 cm³/mol. The van der Waals surface area contributed by atoms with Crippen LogP contribution in [-0.4, -0.2) is 69.4 Å². The highest BCUT2D eigenvalue weighted by Gasteiger charge is 2.41. The molecule has 2 heterocycles. The molecule has 1 aromatic carbocycles. The van der Waals surface area contributed by atoms with E-state index in [4.69, 9.17) is 14.2 Å². The second kappa shape index (κ2) is 10.8. The monoisotopic (exact) mass is 418 g/mol. The minimum absolute atomic E-state index is 0.00372. The summed E-state index contributed by atoms with van der Waals surface area (Å²) in [5.41, 5.74) is 0.678. The van der Waals surface area contributed by atoms with Gasteiger partial charge < -0.3 is 24.4 Å². The average Bonchev–Trinajstić information content (AvgIpc) is 3.21. The third kappa shape index (κ3) is 5.95. The number of ether oxygens (including phenoxy) is 3. The summed E-state index contributed by atoms with van der Waals surface area (Å²) in [5.74, 6) is 1.00. The predicted octanol–water partition coefficient (Wildman–Crippen LogP) is 2.18. The number of nitrogens with one attached hydrogen (secondary N) is 1. The number of hydrogen-bond acceptors (Lipinski definition) is 5. The summed E-state index contributed by atoms with van der Waals surface area (Å²) in [6.45, 7) is 3.03. The molecule has 30 heavy (non-hydrogen) atoms. The molecule has 2 saturated heterocycles. The van der Waals surface area contributed by atoms with Gasteiger partial charge in [-0.05, 0) is 49.8 Å². The summed E-state index contributed by atoms with van der Waals surface area (Å²) >= 11 is 0. The van der Waals surface area contributed by atoms with Crippen LogP contribution >= 0.6 is 0 Å². The van der Waals surface area contributed by atoms with Gasteiger partial charge >= 0.3 is 0 Å². The molecular formula is C23H34N2O5. The highest BCUT2D eigenvalue weighted by Crippen LogP contribution is 2.28. The quantitative estimate of drug-likeness (QED) is 0.665. The number of hydrogen-bond donors (Lipinski definition) is 1. The Balaban J connectivity index is 1.57. The maximum atomic E-state index is 12.9. The van der Waals surface area contributed by atoms with Gasteiger partial charge in [0.15, 0.2) is 0 Å². The van der Waals surface area contributed by atoms with E-state index in [1.165, 1.54) is 0 Å². The van der Waals surface area contributed by atoms with Crippen molar-refractivity contribution < 1.29 is 23.8 Å². The van der Waals surface area contributed by atoms with Crippen LogP contribution in [0.15, 0.2) is 24.3 Å². The summed E-state index contributed by atoms with van der Waals surface area (Å²) in [5, 5.41) is 3.29. The Hall–Kier alpha value is -2.12. The normalized spacial score (nSPS) is 22.1. The van der Waals surface area contributed by atoms with E-state index in [-0.39, 0.29) is 17.7 Å². The Morgan fingerprint density at radius 2 is 2.07 bits per heavy atom. The molecule has 3 rings (SSSR count). The van der Waals surface area contributed by atoms with E-state index in [1.807, 2.05) is 29.2 Å². The lowest BCUT2D eigenvalue weighted by Crippen LogP contribution is -2.53. The Labute approximate surface area is 179 Å². The molecule has 0 spiro atoms. The van der Waals surface area contributed by atoms with Crippen molar-refractivity contribution in [2.75, 3.05) is 47.1 Å². The van der Waals surface area contributed by atoms with Gasteiger partial charge in [-0.1, -0.05) is 12.1 Å². The first kappa shape index (κ1) is 22.6. The number of benzene rings is 1. The maximum absolute atomic E-state index is 12.9. The van der Waals surface area contributed by atoms with Crippen LogP contribution in [0.25, 0.3) is 0 Å². The van der Waals surface area contributed by atoms with Gasteiger partial charge in [0.1, 0.15) is 5.75 Å². The standard InChI is InChI=1S/C23H34N2O5/c1-28-15-11-23(24-22(27)19-8-13-30-14-9-19)10-12-25(17-23)21(26)7-6-18-4-3-5-20(16-18)29-2/h3-5,16,19H,6-15,17H2,1-2H3,(H,24,27). The highest BCUT2D eigenvalue weighted by atomic mass is 16.5. The summed E-state index contributed by atoms with van der Waals surface area (Å²) in [6.07, 6.45) is 4.10. The number of rotatable bonds is 9. The van der Waals surface area contributed by atoms with Gasteiger partial charge in [-0.15, -0.1) is 0 Å². The first-order chi connectivity index (χ1) is 14.5. The van der Waals surface area contributed by atoms with Crippen molar-refractivity contribution in [2.45, 2.75) is 44.1 Å². The molecule has 1 N–H and O–H groups in total. The zero-order valence-electron chi connectivity index (χ0n) is 18.2. The molecule has 7 heteroatoms. The molecule has 1 atom stereocenters. The van der Waals surface area contributed by atoms with Crippen LogP contribution in [0.5, 0.6) is 5.75 Å². The van der Waals surface area contributed by atoms with Crippen LogP contribution in [-0.2, 0) is 25.5 Å². The van der Waals surface area contributed by atoms with E-state index in [2.05, 4.69) is 5.32 Å². The van der Waals surface area contributed by atoms with E-state index in [0.717, 1.165) is 30.6 Å². The molecule has 0 aromatic heterocycles. The summed E-state index contributed by atoms with van der Waals surface area (Å²) in [6, 6.07) is 7.82. The molecule has 7 nitrogen and oxygen atoms in total. The maximum Gasteiger partial charge on any atom is 0.223 e. The Morgan fingerprint density at radius 1 is 1.27 bits per heavy atom. The largest absolute Gasteiger partial charge is 0.497 e. The summed E-state index contributed by atoms with van der Waals surface area (Å²) < 4.78 is 15.9. The fraction of sp³-hybridized carbons (Fsp3) is 0.652. The van der Waals surface area contributed by atoms with Crippen LogP contribution in [0, 0.1) is 5.92 Å². The molecule has 0 bridgehead atoms. The minimum atomic E-state index is -0.406. The van der Waals surface area contributed by atoms with Crippen molar-refractivity contribution in [3.63, 3.8) is 0 Å². The molecule has 2 aliphatic heterocycles. The molecule has 166 valence electrons. The topological polar surface area (TPSA) is 77.1 Å². The zero-order chi connectivity index (χ0) is 21.4. The zero-order valence-corrected chi connectivity index (χ0v) is 18.2. The molecule has 2 aliphatic rings. The third-order valence-corrected chi connectivity index (χ3v) is 6.23. The van der Waals surface area contributed by atoms with Gasteiger partial charge in [-0.25, -0.2) is 0 Å². The van der Waals surface area contributed by atoms with Gasteiger partial charge in [-0.2, -0.15) is 0 Å². The Bertz CT molecular complexity index is 719. The van der Waals surface area contributed by atoms with Crippen molar-refractivity contribution in [1.82, 2.24) is 10.2 Å². The van der Waals surface area contributed by atoms with Crippen LogP contribution in [0.1, 0.15) is 37.7 Å². The number of likely N-dealkylation sites (tertiary alicyclic amines) is 1. The first-order valence-electron chi connectivity index (χ1n) is 10.8. The van der Waals surface area contributed by atoms with Gasteiger partial charge in [0.2, 0.25) is 11.8 Å². The van der Waals surface area contributed by atoms with Crippen LogP contribution < -0.4 is 10.1 Å². The molecule has 1 unspecified atom stereocenters. The van der Waals surface area contributed by atoms with Crippen molar-refractivity contribution >= 4 is 11.8 Å². The second-order valence-corrected chi connectivity index (χ2v) is 8.32. The first-order valence-corrected chi connectivity index (χ1v) is 10.8. The van der Waals surface area contributed by atoms with Gasteiger partial charge in [0.05, 0.1) is 12.6 Å². The molecule has 2 fully saturated rings. The summed E-state index contributed by atoms with van der Waals surface area (Å²) in [7, 11) is 3.31. The number of carbonyl (C=O) groups is 2. The smallest absolute Gasteiger partial charge is 0.223 e. The lowest BCUT2D eigenvalue weighted by Gasteiger charge is -2.33. The fourth-order valence-electron chi connectivity index (χ4n) is 4.31. The molecule has 0 aliphatic carbocycles. The lowest BCUT2D eigenvalue weighted by molar-refractivity contribution is -0.132. The number of methoxy groups -OCH3 is 2. The van der Waals surface area contributed by atoms with Crippen LogP contribution in [0.2, 0.25) is 0 Å². The van der Waals surface area contributed by atoms with Crippen LogP contribution in [0.4, 0.5) is 0 Å². The SMILES string of the molecule is COCCC1(NC(=O)C2CCOCC2)CCN(C(=O)CCc2cccc(OC)c2)C1.